The van der Waals surface area contributed by atoms with Gasteiger partial charge in [0.2, 0.25) is 0 Å². The van der Waals surface area contributed by atoms with Gasteiger partial charge in [0.25, 0.3) is 0 Å². The molecule has 9 heavy (non-hydrogen) atoms. The summed E-state index contributed by atoms with van der Waals surface area (Å²) < 4.78 is 15.9. The molecule has 0 saturated carbocycles. The maximum atomic E-state index is 10.7. The van der Waals surface area contributed by atoms with Crippen LogP contribution in [0.4, 0.5) is 0 Å². The van der Waals surface area contributed by atoms with Gasteiger partial charge >= 0.3 is 0 Å². The van der Waals surface area contributed by atoms with Crippen molar-refractivity contribution in [3.05, 3.63) is 16.3 Å². The van der Waals surface area contributed by atoms with E-state index in [9.17, 15) is 4.55 Å². The summed E-state index contributed by atoms with van der Waals surface area (Å²) in [5.74, 6) is 0.841. The van der Waals surface area contributed by atoms with Crippen LogP contribution >= 0.6 is 10.8 Å². The molecule has 3 heteroatoms. The first-order chi connectivity index (χ1) is 4.36. The Morgan fingerprint density at radius 2 is 2.44 bits per heavy atom. The largest absolute Gasteiger partial charge is 0.591 e. The van der Waals surface area contributed by atoms with Crippen LogP contribution in [-0.4, -0.2) is 11.2 Å². The van der Waals surface area contributed by atoms with E-state index in [4.69, 9.17) is 4.74 Å². The molecule has 0 aliphatic carbocycles. The zero-order chi connectivity index (χ0) is 6.27. The number of hydrogen-bond acceptors (Lipinski definition) is 2. The summed E-state index contributed by atoms with van der Waals surface area (Å²) in [4.78, 5) is 0. The Kier molecular flexibility index (Phi) is 1.00. The highest BCUT2D eigenvalue weighted by atomic mass is 32.2. The zero-order valence-corrected chi connectivity index (χ0v) is 5.61. The molecule has 1 aromatic heterocycles. The summed E-state index contributed by atoms with van der Waals surface area (Å²) in [6.07, 6.45) is 0.928. The summed E-state index contributed by atoms with van der Waals surface area (Å²) in [5, 5.41) is 3.41. The van der Waals surface area contributed by atoms with Crippen LogP contribution in [0.5, 0.6) is 5.75 Å². The fourth-order valence-electron chi connectivity index (χ4n) is 0.993. The summed E-state index contributed by atoms with van der Waals surface area (Å²) >= 11 is 0. The Morgan fingerprint density at radius 1 is 1.56 bits per heavy atom. The van der Waals surface area contributed by atoms with Crippen molar-refractivity contribution in [1.29, 1.82) is 0 Å². The second kappa shape index (κ2) is 1.72. The van der Waals surface area contributed by atoms with Crippen LogP contribution in [0.2, 0.25) is 0 Å². The van der Waals surface area contributed by atoms with Crippen LogP contribution in [0.25, 0.3) is 0 Å². The van der Waals surface area contributed by atoms with E-state index in [1.54, 1.807) is 10.8 Å². The topological polar surface area (TPSA) is 32.3 Å². The molecular formula is C6H6O2S. The van der Waals surface area contributed by atoms with Gasteiger partial charge in [-0.1, -0.05) is 10.8 Å². The monoisotopic (exact) mass is 142 g/mol. The van der Waals surface area contributed by atoms with Gasteiger partial charge in [0.1, 0.15) is 5.38 Å². The molecule has 0 saturated heterocycles. The molecule has 1 aromatic rings. The second-order valence-corrected chi connectivity index (χ2v) is 3.18. The van der Waals surface area contributed by atoms with E-state index in [0.29, 0.717) is 0 Å². The van der Waals surface area contributed by atoms with Gasteiger partial charge in [0.15, 0.2) is 11.1 Å². The van der Waals surface area contributed by atoms with E-state index < -0.39 is 10.8 Å². The third kappa shape index (κ3) is 0.730. The lowest BCUT2D eigenvalue weighted by molar-refractivity contribution is 0.357. The molecule has 1 aliphatic heterocycles. The minimum absolute atomic E-state index is 0.759. The van der Waals surface area contributed by atoms with E-state index in [1.165, 1.54) is 0 Å². The van der Waals surface area contributed by atoms with Crippen LogP contribution in [-0.2, 0) is 6.42 Å². The summed E-state index contributed by atoms with van der Waals surface area (Å²) in [6, 6.07) is 0. The Labute approximate surface area is 55.9 Å². The molecule has 2 rings (SSSR count). The van der Waals surface area contributed by atoms with E-state index >= 15 is 0 Å². The molecule has 0 bridgehead atoms. The fraction of sp³-hybridized carbons (Fsp3) is 0.333. The van der Waals surface area contributed by atoms with Crippen LogP contribution in [0.1, 0.15) is 5.56 Å². The average Bonchev–Trinajstić information content (AvgIpc) is 2.22. The molecule has 0 N–H and O–H groups in total. The molecule has 48 valence electrons. The first-order valence-corrected chi connectivity index (χ1v) is 4.09. The second-order valence-electron chi connectivity index (χ2n) is 2.05. The molecular weight excluding hydrogens is 136 g/mol. The number of ether oxygens (including phenoxy) is 1. The molecule has 1 unspecified atom stereocenters. The van der Waals surface area contributed by atoms with Gasteiger partial charge < -0.3 is 9.29 Å². The third-order valence-corrected chi connectivity index (χ3v) is 2.39. The van der Waals surface area contributed by atoms with Crippen molar-refractivity contribution >= 4 is 10.8 Å². The summed E-state index contributed by atoms with van der Waals surface area (Å²) in [7, 11) is -0.881. The van der Waals surface area contributed by atoms with E-state index in [-0.39, 0.29) is 0 Å². The van der Waals surface area contributed by atoms with Crippen molar-refractivity contribution in [2.75, 3.05) is 6.61 Å². The third-order valence-electron chi connectivity index (χ3n) is 1.43. The van der Waals surface area contributed by atoms with Crippen LogP contribution in [0, 0.1) is 0 Å². The van der Waals surface area contributed by atoms with E-state index in [0.717, 1.165) is 24.3 Å². The van der Waals surface area contributed by atoms with Crippen molar-refractivity contribution in [1.82, 2.24) is 0 Å². The highest BCUT2D eigenvalue weighted by Crippen LogP contribution is 2.32. The highest BCUT2D eigenvalue weighted by molar-refractivity contribution is 7.22. The van der Waals surface area contributed by atoms with Crippen molar-refractivity contribution in [3.63, 3.8) is 0 Å². The first-order valence-electron chi connectivity index (χ1n) is 2.81. The van der Waals surface area contributed by atoms with Crippen molar-refractivity contribution in [3.8, 4) is 5.75 Å². The molecule has 0 fully saturated rings. The SMILES string of the molecule is [O-][s+]1cc2c(c1)OCC2. The predicted octanol–water partition coefficient (Wildman–Crippen LogP) is 1.35. The number of rotatable bonds is 0. The zero-order valence-electron chi connectivity index (χ0n) is 4.79. The first kappa shape index (κ1) is 5.26. The maximum Gasteiger partial charge on any atom is 0.179 e. The number of fused-ring (bicyclic) bond motifs is 1. The molecule has 0 aromatic carbocycles. The Bertz CT molecular complexity index is 207. The van der Waals surface area contributed by atoms with Crippen LogP contribution in [0.15, 0.2) is 10.8 Å². The Balaban J connectivity index is 2.51. The summed E-state index contributed by atoms with van der Waals surface area (Å²) in [6.45, 7) is 0.759. The molecule has 0 radical (unpaired) electrons. The summed E-state index contributed by atoms with van der Waals surface area (Å²) in [5.41, 5.74) is 1.12. The number of thiophene rings is 1. The van der Waals surface area contributed by atoms with Crippen molar-refractivity contribution in [2.45, 2.75) is 6.42 Å². The van der Waals surface area contributed by atoms with Gasteiger partial charge in [-0.05, 0) is 0 Å². The normalized spacial score (nSPS) is 17.2. The maximum absolute atomic E-state index is 10.7. The average molecular weight is 142 g/mol. The Hall–Kier alpha value is -0.540. The minimum atomic E-state index is -0.881. The van der Waals surface area contributed by atoms with Gasteiger partial charge in [-0.15, -0.1) is 0 Å². The van der Waals surface area contributed by atoms with Crippen LogP contribution in [0.3, 0.4) is 0 Å². The quantitative estimate of drug-likeness (QED) is 0.512. The highest BCUT2D eigenvalue weighted by Gasteiger charge is 2.17. The molecule has 1 atom stereocenters. The van der Waals surface area contributed by atoms with Gasteiger partial charge in [-0.2, -0.15) is 0 Å². The lowest BCUT2D eigenvalue weighted by atomic mass is 10.3. The minimum Gasteiger partial charge on any atom is -0.591 e. The van der Waals surface area contributed by atoms with E-state index in [1.807, 2.05) is 0 Å². The molecule has 2 heterocycles. The van der Waals surface area contributed by atoms with E-state index in [2.05, 4.69) is 0 Å². The molecule has 1 aliphatic rings. The van der Waals surface area contributed by atoms with Gasteiger partial charge in [0.05, 0.1) is 12.2 Å². The predicted molar refractivity (Wildman–Crippen MR) is 34.3 cm³/mol. The van der Waals surface area contributed by atoms with Crippen molar-refractivity contribution in [2.24, 2.45) is 0 Å². The standard InChI is InChI=1S/C6H6O2S/c7-9-3-5-1-2-8-6(5)4-9/h3-4H,1-2H2. The number of hydrogen-bond donors (Lipinski definition) is 0. The molecule has 0 spiro atoms. The Morgan fingerprint density at radius 3 is 3.22 bits per heavy atom. The molecule has 0 amide bonds. The van der Waals surface area contributed by atoms with Gasteiger partial charge in [-0.3, -0.25) is 0 Å². The lowest BCUT2D eigenvalue weighted by Gasteiger charge is -1.87. The van der Waals surface area contributed by atoms with Crippen molar-refractivity contribution < 1.29 is 9.29 Å². The lowest BCUT2D eigenvalue weighted by Crippen LogP contribution is -1.86. The van der Waals surface area contributed by atoms with Gasteiger partial charge in [0, 0.05) is 6.42 Å². The van der Waals surface area contributed by atoms with Gasteiger partial charge in [-0.25, -0.2) is 0 Å². The molecule has 2 nitrogen and oxygen atoms in total. The fourth-order valence-corrected chi connectivity index (χ4v) is 2.01. The van der Waals surface area contributed by atoms with Crippen LogP contribution < -0.4 is 4.74 Å². The smallest absolute Gasteiger partial charge is 0.179 e.